The van der Waals surface area contributed by atoms with Gasteiger partial charge in [0.25, 0.3) is 0 Å². The molecule has 0 saturated heterocycles. The standard InChI is InChI=1S/C34H34F4N4/c1-6-21-9-8-10-22(7-2)30(21)42-31(26-13-14-28(35)29-25(26)15-16-39-29)27-19-41(33(4,5)32(27)40-42)18-23-11-12-24(17-20(23)3)34(36,37)38/h8-17,39H,6-7,18-19H2,1-5H3. The van der Waals surface area contributed by atoms with Crippen LogP contribution in [0.4, 0.5) is 17.6 Å². The van der Waals surface area contributed by atoms with Crippen molar-refractivity contribution in [3.8, 4) is 16.9 Å². The SMILES string of the molecule is CCc1cccc(CC)c1-n1nc2c(c1-c1ccc(F)c3[nH]ccc13)CN(Cc1ccc(C(F)(F)F)cc1C)C2(C)C. The van der Waals surface area contributed by atoms with Crippen LogP contribution in [0.15, 0.2) is 60.8 Å². The zero-order valence-corrected chi connectivity index (χ0v) is 24.5. The molecule has 0 saturated carbocycles. The van der Waals surface area contributed by atoms with Crippen molar-refractivity contribution >= 4 is 10.9 Å². The van der Waals surface area contributed by atoms with Crippen LogP contribution in [-0.4, -0.2) is 19.7 Å². The molecule has 0 amide bonds. The Hall–Kier alpha value is -3.91. The molecule has 0 atom stereocenters. The topological polar surface area (TPSA) is 36.9 Å². The average Bonchev–Trinajstić information content (AvgIpc) is 3.64. The zero-order valence-electron chi connectivity index (χ0n) is 24.5. The molecule has 1 aliphatic rings. The summed E-state index contributed by atoms with van der Waals surface area (Å²) in [5.41, 5.74) is 7.94. The molecule has 5 aromatic rings. The first kappa shape index (κ1) is 28.2. The van der Waals surface area contributed by atoms with E-state index in [2.05, 4.69) is 60.5 Å². The molecule has 42 heavy (non-hydrogen) atoms. The number of aromatic nitrogens is 3. The molecule has 3 aromatic carbocycles. The van der Waals surface area contributed by atoms with Gasteiger partial charge in [-0.05, 0) is 86.2 Å². The number of benzene rings is 3. The highest BCUT2D eigenvalue weighted by atomic mass is 19.4. The third kappa shape index (κ3) is 4.44. The molecule has 3 heterocycles. The van der Waals surface area contributed by atoms with Gasteiger partial charge in [0.05, 0.1) is 33.7 Å². The molecule has 8 heteroatoms. The van der Waals surface area contributed by atoms with Crippen molar-refractivity contribution in [3.63, 3.8) is 0 Å². The summed E-state index contributed by atoms with van der Waals surface area (Å²) >= 11 is 0. The lowest BCUT2D eigenvalue weighted by atomic mass is 9.96. The maximum absolute atomic E-state index is 14.8. The van der Waals surface area contributed by atoms with Crippen LogP contribution >= 0.6 is 0 Å². The van der Waals surface area contributed by atoms with Crippen molar-refractivity contribution in [2.45, 2.75) is 72.3 Å². The van der Waals surface area contributed by atoms with Crippen LogP contribution < -0.4 is 0 Å². The second-order valence-corrected chi connectivity index (χ2v) is 11.6. The van der Waals surface area contributed by atoms with E-state index in [1.165, 1.54) is 23.3 Å². The Labute approximate surface area is 243 Å². The fraction of sp³-hybridized carbons (Fsp3) is 0.324. The molecule has 0 spiro atoms. The predicted octanol–water partition coefficient (Wildman–Crippen LogP) is 8.86. The van der Waals surface area contributed by atoms with Crippen molar-refractivity contribution in [2.75, 3.05) is 0 Å². The van der Waals surface area contributed by atoms with Gasteiger partial charge in [-0.3, -0.25) is 4.90 Å². The minimum atomic E-state index is -4.38. The van der Waals surface area contributed by atoms with Gasteiger partial charge < -0.3 is 4.98 Å². The van der Waals surface area contributed by atoms with Gasteiger partial charge in [-0.15, -0.1) is 0 Å². The number of aryl methyl sites for hydroxylation is 3. The summed E-state index contributed by atoms with van der Waals surface area (Å²) in [5.74, 6) is -0.315. The Bertz CT molecular complexity index is 1790. The quantitative estimate of drug-likeness (QED) is 0.206. The van der Waals surface area contributed by atoms with Gasteiger partial charge in [-0.1, -0.05) is 38.1 Å². The maximum Gasteiger partial charge on any atom is 0.416 e. The minimum Gasteiger partial charge on any atom is -0.359 e. The smallest absolute Gasteiger partial charge is 0.359 e. The molecule has 2 aromatic heterocycles. The van der Waals surface area contributed by atoms with Gasteiger partial charge in [0, 0.05) is 35.8 Å². The number of aromatic amines is 1. The average molecular weight is 575 g/mol. The van der Waals surface area contributed by atoms with Crippen molar-refractivity contribution in [3.05, 3.63) is 106 Å². The second-order valence-electron chi connectivity index (χ2n) is 11.6. The first-order valence-electron chi connectivity index (χ1n) is 14.4. The monoisotopic (exact) mass is 574 g/mol. The van der Waals surface area contributed by atoms with E-state index in [0.717, 1.165) is 58.1 Å². The van der Waals surface area contributed by atoms with E-state index in [4.69, 9.17) is 5.10 Å². The van der Waals surface area contributed by atoms with Gasteiger partial charge >= 0.3 is 6.18 Å². The Morgan fingerprint density at radius 1 is 0.952 bits per heavy atom. The van der Waals surface area contributed by atoms with Crippen LogP contribution in [0, 0.1) is 12.7 Å². The van der Waals surface area contributed by atoms with Crippen molar-refractivity contribution in [1.82, 2.24) is 19.7 Å². The highest BCUT2D eigenvalue weighted by molar-refractivity contribution is 5.96. The fourth-order valence-corrected chi connectivity index (χ4v) is 6.39. The lowest BCUT2D eigenvalue weighted by Gasteiger charge is -2.32. The molecular weight excluding hydrogens is 540 g/mol. The number of H-pyrrole nitrogens is 1. The number of hydrogen-bond acceptors (Lipinski definition) is 2. The largest absolute Gasteiger partial charge is 0.416 e. The van der Waals surface area contributed by atoms with Gasteiger partial charge in [-0.25, -0.2) is 9.07 Å². The van der Waals surface area contributed by atoms with E-state index in [9.17, 15) is 17.6 Å². The molecule has 218 valence electrons. The summed E-state index contributed by atoms with van der Waals surface area (Å²) in [6, 6.07) is 15.5. The summed E-state index contributed by atoms with van der Waals surface area (Å²) in [6.07, 6.45) is -0.965. The predicted molar refractivity (Wildman–Crippen MR) is 158 cm³/mol. The molecule has 0 unspecified atom stereocenters. The van der Waals surface area contributed by atoms with E-state index >= 15 is 0 Å². The van der Waals surface area contributed by atoms with Crippen LogP contribution in [0.1, 0.15) is 66.8 Å². The Kier molecular flexibility index (Phi) is 6.80. The number of fused-ring (bicyclic) bond motifs is 2. The van der Waals surface area contributed by atoms with Crippen LogP contribution in [0.3, 0.4) is 0 Å². The van der Waals surface area contributed by atoms with Crippen molar-refractivity contribution < 1.29 is 17.6 Å². The number of halogens is 4. The van der Waals surface area contributed by atoms with E-state index < -0.39 is 17.3 Å². The highest BCUT2D eigenvalue weighted by Gasteiger charge is 2.43. The van der Waals surface area contributed by atoms with E-state index in [0.29, 0.717) is 24.2 Å². The number of nitrogens with zero attached hydrogens (tertiary/aromatic N) is 3. The van der Waals surface area contributed by atoms with Crippen LogP contribution in [-0.2, 0) is 37.6 Å². The molecule has 4 nitrogen and oxygen atoms in total. The molecular formula is C34H34F4N4. The first-order valence-corrected chi connectivity index (χ1v) is 14.4. The lowest BCUT2D eigenvalue weighted by molar-refractivity contribution is -0.137. The van der Waals surface area contributed by atoms with Crippen LogP contribution in [0.25, 0.3) is 27.8 Å². The zero-order chi connectivity index (χ0) is 30.0. The normalized spacial score (nSPS) is 15.1. The summed E-state index contributed by atoms with van der Waals surface area (Å²) in [6.45, 7) is 11.3. The first-order chi connectivity index (χ1) is 20.0. The third-order valence-corrected chi connectivity index (χ3v) is 8.84. The molecule has 1 N–H and O–H groups in total. The van der Waals surface area contributed by atoms with Crippen LogP contribution in [0.2, 0.25) is 0 Å². The van der Waals surface area contributed by atoms with Crippen LogP contribution in [0.5, 0.6) is 0 Å². The Morgan fingerprint density at radius 2 is 1.67 bits per heavy atom. The summed E-state index contributed by atoms with van der Waals surface area (Å²) in [4.78, 5) is 5.31. The minimum absolute atomic E-state index is 0.315. The van der Waals surface area contributed by atoms with Gasteiger partial charge in [0.2, 0.25) is 0 Å². The molecule has 6 rings (SSSR count). The lowest BCUT2D eigenvalue weighted by Crippen LogP contribution is -2.36. The Morgan fingerprint density at radius 3 is 2.31 bits per heavy atom. The molecule has 0 fully saturated rings. The summed E-state index contributed by atoms with van der Waals surface area (Å²) < 4.78 is 56.8. The number of alkyl halides is 3. The molecule has 0 radical (unpaired) electrons. The van der Waals surface area contributed by atoms with Gasteiger partial charge in [0.15, 0.2) is 0 Å². The maximum atomic E-state index is 14.8. The fourth-order valence-electron chi connectivity index (χ4n) is 6.39. The summed E-state index contributed by atoms with van der Waals surface area (Å²) in [5, 5.41) is 6.08. The summed E-state index contributed by atoms with van der Waals surface area (Å²) in [7, 11) is 0. The number of para-hydroxylation sites is 1. The van der Waals surface area contributed by atoms with Crippen molar-refractivity contribution in [2.24, 2.45) is 0 Å². The third-order valence-electron chi connectivity index (χ3n) is 8.84. The highest BCUT2D eigenvalue weighted by Crippen LogP contribution is 2.46. The molecule has 0 bridgehead atoms. The number of hydrogen-bond donors (Lipinski definition) is 1. The van der Waals surface area contributed by atoms with E-state index in [1.807, 2.05) is 12.1 Å². The number of nitrogens with one attached hydrogen (secondary N) is 1. The van der Waals surface area contributed by atoms with E-state index in [1.54, 1.807) is 19.2 Å². The van der Waals surface area contributed by atoms with E-state index in [-0.39, 0.29) is 5.82 Å². The van der Waals surface area contributed by atoms with Crippen molar-refractivity contribution in [1.29, 1.82) is 0 Å². The van der Waals surface area contributed by atoms with Gasteiger partial charge in [-0.2, -0.15) is 18.3 Å². The second kappa shape index (κ2) is 10.1. The molecule has 0 aliphatic carbocycles. The number of rotatable bonds is 6. The Balaban J connectivity index is 1.53. The van der Waals surface area contributed by atoms with Gasteiger partial charge in [0.1, 0.15) is 5.82 Å². The molecule has 1 aliphatic heterocycles.